The Morgan fingerprint density at radius 2 is 0.871 bits per heavy atom. The van der Waals surface area contributed by atoms with Crippen molar-refractivity contribution in [2.45, 2.75) is 123 Å². The summed E-state index contributed by atoms with van der Waals surface area (Å²) in [6.45, 7) is 3.78. The fourth-order valence-corrected chi connectivity index (χ4v) is 5.99. The summed E-state index contributed by atoms with van der Waals surface area (Å²) in [4.78, 5) is 37.3. The highest BCUT2D eigenvalue weighted by Gasteiger charge is 2.20. The molecule has 0 aromatic carbocycles. The molecule has 0 rings (SSSR count). The number of carbonyl (C=O) groups excluding carboxylic acids is 2. The van der Waals surface area contributed by atoms with E-state index in [1.807, 2.05) is 94.1 Å². The molecule has 10 heteroatoms. The minimum Gasteiger partial charge on any atom is -0.756 e. The molecule has 0 amide bonds. The number of allylic oxidation sites excluding steroid dienone is 22. The maximum atomic E-state index is 12.5. The second-order valence-corrected chi connectivity index (χ2v) is 17.2. The van der Waals surface area contributed by atoms with Gasteiger partial charge in [0.25, 0.3) is 7.82 Å². The van der Waals surface area contributed by atoms with E-state index < -0.39 is 39.1 Å². The van der Waals surface area contributed by atoms with Gasteiger partial charge in [0.05, 0.1) is 27.7 Å². The van der Waals surface area contributed by atoms with E-state index in [-0.39, 0.29) is 6.61 Å². The van der Waals surface area contributed by atoms with Crippen molar-refractivity contribution in [1.82, 2.24) is 0 Å². The fraction of sp³-hybridized carbons (Fsp3) is 0.500. The lowest BCUT2D eigenvalue weighted by Gasteiger charge is -2.28. The molecule has 0 aliphatic carbocycles. The van der Waals surface area contributed by atoms with Gasteiger partial charge in [-0.25, -0.2) is 9.59 Å². The highest BCUT2D eigenvalue weighted by molar-refractivity contribution is 7.45. The van der Waals surface area contributed by atoms with E-state index >= 15 is 0 Å². The first-order valence-electron chi connectivity index (χ1n) is 22.8. The molecule has 346 valence electrons. The average Bonchev–Trinajstić information content (AvgIpc) is 3.23. The summed E-state index contributed by atoms with van der Waals surface area (Å²) >= 11 is 0. The number of unbranched alkanes of at least 4 members (excludes halogenated alkanes) is 14. The van der Waals surface area contributed by atoms with Crippen LogP contribution in [0.3, 0.4) is 0 Å². The van der Waals surface area contributed by atoms with Crippen LogP contribution in [0.2, 0.25) is 0 Å². The zero-order valence-electron chi connectivity index (χ0n) is 38.7. The van der Waals surface area contributed by atoms with E-state index in [0.29, 0.717) is 11.0 Å². The number of phosphoric ester groups is 1. The summed E-state index contributed by atoms with van der Waals surface area (Å²) in [5.41, 5.74) is 0. The van der Waals surface area contributed by atoms with Gasteiger partial charge in [0, 0.05) is 12.2 Å². The number of rotatable bonds is 38. The average molecular weight is 878 g/mol. The highest BCUT2D eigenvalue weighted by Crippen LogP contribution is 2.38. The van der Waals surface area contributed by atoms with Gasteiger partial charge in [0.1, 0.15) is 19.8 Å². The minimum atomic E-state index is -4.71. The zero-order chi connectivity index (χ0) is 45.7. The number of hydrogen-bond acceptors (Lipinski definition) is 8. The van der Waals surface area contributed by atoms with Crippen LogP contribution in [0.15, 0.2) is 146 Å². The van der Waals surface area contributed by atoms with Gasteiger partial charge in [-0.3, -0.25) is 4.57 Å². The van der Waals surface area contributed by atoms with Crippen molar-refractivity contribution in [2.24, 2.45) is 0 Å². The molecule has 0 fully saturated rings. The van der Waals surface area contributed by atoms with E-state index in [4.69, 9.17) is 18.5 Å². The van der Waals surface area contributed by atoms with Crippen molar-refractivity contribution in [3.63, 3.8) is 0 Å². The molecular formula is C52H80NO8P. The summed E-state index contributed by atoms with van der Waals surface area (Å²) in [7, 11) is 0.972. The van der Waals surface area contributed by atoms with Crippen molar-refractivity contribution in [3.05, 3.63) is 146 Å². The zero-order valence-corrected chi connectivity index (χ0v) is 39.6. The summed E-state index contributed by atoms with van der Waals surface area (Å²) in [5.74, 6) is -1.48. The van der Waals surface area contributed by atoms with Crippen LogP contribution in [0, 0.1) is 0 Å². The summed E-state index contributed by atoms with van der Waals surface area (Å²) < 4.78 is 33.3. The van der Waals surface area contributed by atoms with Gasteiger partial charge >= 0.3 is 11.9 Å². The van der Waals surface area contributed by atoms with Gasteiger partial charge in [-0.15, -0.1) is 0 Å². The van der Waals surface area contributed by atoms with Crippen molar-refractivity contribution in [1.29, 1.82) is 0 Å². The van der Waals surface area contributed by atoms with Crippen molar-refractivity contribution < 1.29 is 42.1 Å². The van der Waals surface area contributed by atoms with Crippen LogP contribution < -0.4 is 4.89 Å². The Balaban J connectivity index is 4.85. The predicted molar refractivity (Wildman–Crippen MR) is 258 cm³/mol. The van der Waals surface area contributed by atoms with Crippen molar-refractivity contribution in [2.75, 3.05) is 47.5 Å². The smallest absolute Gasteiger partial charge is 0.331 e. The molecule has 9 nitrogen and oxygen atoms in total. The second kappa shape index (κ2) is 42.2. The van der Waals surface area contributed by atoms with Crippen molar-refractivity contribution in [3.8, 4) is 0 Å². The molecule has 2 atom stereocenters. The third-order valence-electron chi connectivity index (χ3n) is 8.81. The molecule has 0 saturated carbocycles. The third kappa shape index (κ3) is 45.4. The molecule has 0 bridgehead atoms. The van der Waals surface area contributed by atoms with E-state index in [9.17, 15) is 19.0 Å². The second-order valence-electron chi connectivity index (χ2n) is 15.8. The van der Waals surface area contributed by atoms with Gasteiger partial charge in [0.15, 0.2) is 6.10 Å². The highest BCUT2D eigenvalue weighted by atomic mass is 31.2. The van der Waals surface area contributed by atoms with E-state index in [0.717, 1.165) is 12.8 Å². The predicted octanol–water partition coefficient (Wildman–Crippen LogP) is 12.6. The molecule has 0 radical (unpaired) electrons. The fourth-order valence-electron chi connectivity index (χ4n) is 5.26. The largest absolute Gasteiger partial charge is 0.756 e. The molecule has 0 heterocycles. The van der Waals surface area contributed by atoms with Crippen LogP contribution in [0.1, 0.15) is 117 Å². The van der Waals surface area contributed by atoms with Crippen LogP contribution in [-0.4, -0.2) is 70.0 Å². The lowest BCUT2D eigenvalue weighted by Crippen LogP contribution is -2.37. The topological polar surface area (TPSA) is 111 Å². The number of likely N-dealkylation sites (N-methyl/N-ethyl adjacent to an activating group) is 1. The Labute approximate surface area is 376 Å². The molecule has 62 heavy (non-hydrogen) atoms. The number of ether oxygens (including phenoxy) is 2. The molecule has 0 saturated heterocycles. The van der Waals surface area contributed by atoms with Crippen LogP contribution in [0.25, 0.3) is 0 Å². The van der Waals surface area contributed by atoms with E-state index in [2.05, 4.69) is 38.2 Å². The Kier molecular flexibility index (Phi) is 39.4. The molecule has 0 aromatic heterocycles. The van der Waals surface area contributed by atoms with Crippen LogP contribution in [-0.2, 0) is 32.7 Å². The Morgan fingerprint density at radius 1 is 0.500 bits per heavy atom. The van der Waals surface area contributed by atoms with Crippen LogP contribution >= 0.6 is 7.82 Å². The Morgan fingerprint density at radius 3 is 1.29 bits per heavy atom. The molecular weight excluding hydrogens is 798 g/mol. The number of esters is 2. The maximum Gasteiger partial charge on any atom is 0.331 e. The first kappa shape index (κ1) is 57.9. The SMILES string of the molecule is CCCCCCCCCC=CC=CC=CC=CC=CC=CC(=O)OC[C@H](COP(=O)([O-])OCC[N+](C)(C)C)OC(=O)C=CC=CC=CC=CC=CC=CCCCCCCCCC. The lowest BCUT2D eigenvalue weighted by molar-refractivity contribution is -0.870. The lowest BCUT2D eigenvalue weighted by atomic mass is 10.1. The first-order valence-corrected chi connectivity index (χ1v) is 24.2. The van der Waals surface area contributed by atoms with Gasteiger partial charge in [-0.05, 0) is 25.7 Å². The Hall–Kier alpha value is -4.11. The molecule has 0 aliphatic heterocycles. The molecule has 0 N–H and O–H groups in total. The quantitative estimate of drug-likeness (QED) is 0.0151. The monoisotopic (exact) mass is 878 g/mol. The van der Waals surface area contributed by atoms with Crippen LogP contribution in [0.5, 0.6) is 0 Å². The number of phosphoric acid groups is 1. The number of nitrogens with zero attached hydrogens (tertiary/aromatic N) is 1. The molecule has 0 aromatic rings. The van der Waals surface area contributed by atoms with Crippen LogP contribution in [0.4, 0.5) is 0 Å². The maximum absolute atomic E-state index is 12.5. The van der Waals surface area contributed by atoms with E-state index in [1.54, 1.807) is 24.3 Å². The minimum absolute atomic E-state index is 0.0889. The number of carbonyl (C=O) groups is 2. The molecule has 0 spiro atoms. The van der Waals surface area contributed by atoms with Crippen molar-refractivity contribution >= 4 is 19.8 Å². The molecule has 0 aliphatic rings. The summed E-state index contributed by atoms with van der Waals surface area (Å²) in [6, 6.07) is 0. The summed E-state index contributed by atoms with van der Waals surface area (Å²) in [6.07, 6.45) is 63.1. The number of hydrogen-bond donors (Lipinski definition) is 0. The van der Waals surface area contributed by atoms with Gasteiger partial charge in [0.2, 0.25) is 0 Å². The first-order chi connectivity index (χ1) is 30.0. The number of quaternary nitrogens is 1. The van der Waals surface area contributed by atoms with Gasteiger partial charge < -0.3 is 27.9 Å². The normalized spacial score (nSPS) is 14.9. The van der Waals surface area contributed by atoms with Gasteiger partial charge in [-0.1, -0.05) is 225 Å². The molecule has 1 unspecified atom stereocenters. The van der Waals surface area contributed by atoms with E-state index in [1.165, 1.54) is 114 Å². The van der Waals surface area contributed by atoms with Gasteiger partial charge in [-0.2, -0.15) is 0 Å². The third-order valence-corrected chi connectivity index (χ3v) is 9.77. The Bertz CT molecular complexity index is 1550. The standard InChI is InChI=1S/C52H80NO8P/c1-6-8-10-12-14-16-18-20-22-24-26-28-30-32-34-36-38-40-42-44-51(54)58-48-50(49-60-62(56,57)59-47-46-53(3,4)5)61-52(55)45-43-41-39-37-35-33-31-29-27-25-23-21-19-17-15-13-11-9-7-2/h22-45,50H,6-21,46-49H2,1-5H3/t50-/m1/s1. The summed E-state index contributed by atoms with van der Waals surface area (Å²) in [5, 5.41) is 0.